The number of nitrogens with one attached hydrogen (secondary N) is 2. The van der Waals surface area contributed by atoms with Gasteiger partial charge in [-0.2, -0.15) is 5.10 Å². The molecule has 0 aliphatic carbocycles. The Morgan fingerprint density at radius 2 is 2.37 bits per heavy atom. The van der Waals surface area contributed by atoms with E-state index in [9.17, 15) is 19.4 Å². The van der Waals surface area contributed by atoms with Crippen molar-refractivity contribution >= 4 is 12.2 Å². The zero-order chi connectivity index (χ0) is 14.2. The molecule has 1 aliphatic heterocycles. The minimum atomic E-state index is -1.81. The van der Waals surface area contributed by atoms with E-state index in [0.717, 1.165) is 0 Å². The van der Waals surface area contributed by atoms with Gasteiger partial charge in [0.1, 0.15) is 29.6 Å². The average Bonchev–Trinajstić information content (AvgIpc) is 2.82. The molecule has 2 heterocycles. The molecule has 5 N–H and O–H groups in total. The number of ether oxygens (including phenoxy) is 1. The minimum absolute atomic E-state index is 0.218. The van der Waals surface area contributed by atoms with Gasteiger partial charge in [0.25, 0.3) is 0 Å². The minimum Gasteiger partial charge on any atom is -0.394 e. The Hall–Kier alpha value is -1.55. The molecule has 106 valence electrons. The van der Waals surface area contributed by atoms with Crippen LogP contribution in [0.25, 0.3) is 0 Å². The summed E-state index contributed by atoms with van der Waals surface area (Å²) in [7, 11) is 0. The topological polar surface area (TPSA) is 128 Å². The van der Waals surface area contributed by atoms with E-state index < -0.39 is 36.3 Å². The summed E-state index contributed by atoms with van der Waals surface area (Å²) in [5, 5.41) is 36.8. The lowest BCUT2D eigenvalue weighted by Gasteiger charge is -2.25. The highest BCUT2D eigenvalue weighted by atomic mass is 19.1. The molecule has 9 heteroatoms. The molecule has 0 radical (unpaired) electrons. The maximum atomic E-state index is 13.9. The first-order valence-corrected chi connectivity index (χ1v) is 5.54. The van der Waals surface area contributed by atoms with E-state index in [1.165, 1.54) is 6.92 Å². The van der Waals surface area contributed by atoms with Crippen LogP contribution in [0.5, 0.6) is 0 Å². The van der Waals surface area contributed by atoms with Crippen LogP contribution in [0.2, 0.25) is 0 Å². The molecule has 1 saturated heterocycles. The summed E-state index contributed by atoms with van der Waals surface area (Å²) < 4.78 is 19.1. The number of aliphatic hydroxyl groups excluding tert-OH is 2. The smallest absolute Gasteiger partial charge is 0.212 e. The van der Waals surface area contributed by atoms with Crippen molar-refractivity contribution in [2.24, 2.45) is 0 Å². The van der Waals surface area contributed by atoms with Crippen LogP contribution in [-0.2, 0) is 9.53 Å². The highest BCUT2D eigenvalue weighted by Crippen LogP contribution is 2.42. The van der Waals surface area contributed by atoms with Gasteiger partial charge in [-0.05, 0) is 6.92 Å². The van der Waals surface area contributed by atoms with Crippen LogP contribution in [-0.4, -0.2) is 56.3 Å². The van der Waals surface area contributed by atoms with E-state index in [4.69, 9.17) is 9.84 Å². The van der Waals surface area contributed by atoms with E-state index in [1.54, 1.807) is 0 Å². The van der Waals surface area contributed by atoms with Gasteiger partial charge >= 0.3 is 0 Å². The molecule has 0 unspecified atom stereocenters. The van der Waals surface area contributed by atoms with Crippen LogP contribution in [0.15, 0.2) is 0 Å². The first kappa shape index (κ1) is 13.9. The van der Waals surface area contributed by atoms with Gasteiger partial charge in [0.05, 0.1) is 6.61 Å². The number of hydrogen-bond donors (Lipinski definition) is 5. The van der Waals surface area contributed by atoms with Crippen molar-refractivity contribution in [1.82, 2.24) is 10.2 Å². The van der Waals surface area contributed by atoms with Crippen molar-refractivity contribution in [1.29, 1.82) is 0 Å². The highest BCUT2D eigenvalue weighted by molar-refractivity contribution is 5.69. The lowest BCUT2D eigenvalue weighted by Crippen LogP contribution is -2.43. The Bertz CT molecular complexity index is 478. The highest BCUT2D eigenvalue weighted by Gasteiger charge is 2.54. The average molecular weight is 275 g/mol. The number of halogens is 1. The lowest BCUT2D eigenvalue weighted by molar-refractivity contribution is -0.105. The molecular weight excluding hydrogens is 261 g/mol. The molecule has 19 heavy (non-hydrogen) atoms. The first-order chi connectivity index (χ1) is 8.93. The summed E-state index contributed by atoms with van der Waals surface area (Å²) >= 11 is 0. The van der Waals surface area contributed by atoms with Crippen LogP contribution in [0.1, 0.15) is 18.7 Å². The number of aliphatic hydroxyl groups is 3. The summed E-state index contributed by atoms with van der Waals surface area (Å²) in [6.45, 7) is 0.730. The van der Waals surface area contributed by atoms with Crippen LogP contribution in [0.4, 0.5) is 10.2 Å². The normalized spacial score (nSPS) is 34.5. The van der Waals surface area contributed by atoms with Gasteiger partial charge in [-0.25, -0.2) is 4.39 Å². The SMILES string of the molecule is C[C@@]1(O)[C@H](O)[C@@H](CO)O[C@H]1c1[nH]nc(NC=O)c1F. The van der Waals surface area contributed by atoms with Gasteiger partial charge in [-0.1, -0.05) is 0 Å². The van der Waals surface area contributed by atoms with E-state index >= 15 is 0 Å². The molecule has 0 saturated carbocycles. The molecule has 1 amide bonds. The number of hydrogen-bond acceptors (Lipinski definition) is 6. The summed E-state index contributed by atoms with van der Waals surface area (Å²) in [4.78, 5) is 10.2. The molecule has 2 rings (SSSR count). The third-order valence-corrected chi connectivity index (χ3v) is 3.16. The quantitative estimate of drug-likeness (QED) is 0.433. The Morgan fingerprint density at radius 1 is 1.68 bits per heavy atom. The van der Waals surface area contributed by atoms with Crippen molar-refractivity contribution < 1.29 is 29.2 Å². The fourth-order valence-corrected chi connectivity index (χ4v) is 2.09. The Balaban J connectivity index is 2.34. The van der Waals surface area contributed by atoms with Gasteiger partial charge in [0.15, 0.2) is 11.6 Å². The van der Waals surface area contributed by atoms with E-state index in [-0.39, 0.29) is 17.9 Å². The van der Waals surface area contributed by atoms with Gasteiger partial charge in [-0.15, -0.1) is 0 Å². The number of rotatable bonds is 4. The van der Waals surface area contributed by atoms with E-state index in [2.05, 4.69) is 10.2 Å². The largest absolute Gasteiger partial charge is 0.394 e. The summed E-state index contributed by atoms with van der Waals surface area (Å²) in [5.41, 5.74) is -2.02. The van der Waals surface area contributed by atoms with Gasteiger partial charge in [0.2, 0.25) is 6.41 Å². The maximum Gasteiger partial charge on any atom is 0.212 e. The summed E-state index contributed by atoms with van der Waals surface area (Å²) in [6.07, 6.45) is -3.41. The number of aromatic nitrogens is 2. The second kappa shape index (κ2) is 4.85. The predicted molar refractivity (Wildman–Crippen MR) is 59.6 cm³/mol. The van der Waals surface area contributed by atoms with Crippen LogP contribution < -0.4 is 5.32 Å². The second-order valence-corrected chi connectivity index (χ2v) is 4.47. The van der Waals surface area contributed by atoms with Crippen molar-refractivity contribution in [3.63, 3.8) is 0 Å². The second-order valence-electron chi connectivity index (χ2n) is 4.47. The van der Waals surface area contributed by atoms with E-state index in [1.807, 2.05) is 5.32 Å². The van der Waals surface area contributed by atoms with Crippen molar-refractivity contribution in [2.45, 2.75) is 30.8 Å². The van der Waals surface area contributed by atoms with Gasteiger partial charge in [-0.3, -0.25) is 9.89 Å². The molecule has 0 spiro atoms. The molecule has 1 aliphatic rings. The summed E-state index contributed by atoms with van der Waals surface area (Å²) in [5.74, 6) is -1.24. The molecule has 4 atom stereocenters. The van der Waals surface area contributed by atoms with Crippen molar-refractivity contribution in [3.05, 3.63) is 11.5 Å². The number of carbonyl (C=O) groups excluding carboxylic acids is 1. The molecule has 1 aromatic rings. The fraction of sp³-hybridized carbons (Fsp3) is 0.600. The predicted octanol–water partition coefficient (Wildman–Crippen LogP) is -1.34. The number of nitrogens with zero attached hydrogens (tertiary/aromatic N) is 1. The number of H-pyrrole nitrogens is 1. The fourth-order valence-electron chi connectivity index (χ4n) is 2.09. The number of amides is 1. The van der Waals surface area contributed by atoms with Gasteiger partial charge < -0.3 is 25.4 Å². The third kappa shape index (κ3) is 2.10. The van der Waals surface area contributed by atoms with Crippen molar-refractivity contribution in [3.8, 4) is 0 Å². The molecule has 8 nitrogen and oxygen atoms in total. The molecular formula is C10H14FN3O5. The zero-order valence-corrected chi connectivity index (χ0v) is 10.00. The molecule has 0 aromatic carbocycles. The standard InChI is InChI=1S/C10H14FN3O5/c1-10(18)7(17)4(2-15)19-8(10)6-5(11)9(12-3-16)14-13-6/h3-4,7-8,15,17-18H,2H2,1H3,(H2,12,13,14,16)/t4-,7-,8+,10-/m1/s1. The Morgan fingerprint density at radius 3 is 2.89 bits per heavy atom. The zero-order valence-electron chi connectivity index (χ0n) is 10.00. The number of aromatic amines is 1. The van der Waals surface area contributed by atoms with E-state index in [0.29, 0.717) is 0 Å². The van der Waals surface area contributed by atoms with Crippen molar-refractivity contribution in [2.75, 3.05) is 11.9 Å². The third-order valence-electron chi connectivity index (χ3n) is 3.16. The Labute approximate surface area is 107 Å². The van der Waals surface area contributed by atoms with Crippen LogP contribution in [0.3, 0.4) is 0 Å². The number of carbonyl (C=O) groups is 1. The van der Waals surface area contributed by atoms with Gasteiger partial charge in [0, 0.05) is 0 Å². The van der Waals surface area contributed by atoms with Crippen LogP contribution in [0, 0.1) is 5.82 Å². The molecule has 1 fully saturated rings. The molecule has 0 bridgehead atoms. The summed E-state index contributed by atoms with van der Waals surface area (Å²) in [6, 6.07) is 0. The molecule has 1 aromatic heterocycles. The monoisotopic (exact) mass is 275 g/mol. The Kier molecular flexibility index (Phi) is 3.54. The van der Waals surface area contributed by atoms with Crippen LogP contribution >= 0.6 is 0 Å². The number of anilines is 1. The lowest BCUT2D eigenvalue weighted by atomic mass is 9.91. The maximum absolute atomic E-state index is 13.9. The first-order valence-electron chi connectivity index (χ1n) is 5.54.